The number of rotatable bonds is 2. The lowest BCUT2D eigenvalue weighted by molar-refractivity contribution is -0.122. The Morgan fingerprint density at radius 3 is 2.95 bits per heavy atom. The van der Waals surface area contributed by atoms with E-state index in [4.69, 9.17) is 5.73 Å². The second kappa shape index (κ2) is 6.06. The number of amides is 2. The Kier molecular flexibility index (Phi) is 4.42. The summed E-state index contributed by atoms with van der Waals surface area (Å²) in [5.74, 6) is -0.391. The third-order valence-corrected chi connectivity index (χ3v) is 3.82. The molecule has 0 aliphatic carbocycles. The Balaban J connectivity index is 2.07. The van der Waals surface area contributed by atoms with Crippen LogP contribution in [0.1, 0.15) is 29.6 Å². The summed E-state index contributed by atoms with van der Waals surface area (Å²) in [5, 5.41) is 5.54. The van der Waals surface area contributed by atoms with Gasteiger partial charge in [0.1, 0.15) is 6.04 Å². The van der Waals surface area contributed by atoms with Crippen molar-refractivity contribution >= 4 is 33.4 Å². The molecule has 1 aromatic carbocycles. The lowest BCUT2D eigenvalue weighted by Gasteiger charge is -2.15. The maximum atomic E-state index is 12.1. The number of hydrogen-bond donors (Lipinski definition) is 3. The Bertz CT molecular complexity index is 505. The molecule has 102 valence electrons. The van der Waals surface area contributed by atoms with Crippen LogP contribution < -0.4 is 16.4 Å². The van der Waals surface area contributed by atoms with Crippen LogP contribution in [0.2, 0.25) is 0 Å². The fourth-order valence-corrected chi connectivity index (χ4v) is 2.25. The Morgan fingerprint density at radius 2 is 2.21 bits per heavy atom. The molecule has 0 aromatic heterocycles. The topological polar surface area (TPSA) is 84.2 Å². The number of nitrogens with one attached hydrogen (secondary N) is 2. The molecular weight excluding hydrogens is 310 g/mol. The van der Waals surface area contributed by atoms with Crippen molar-refractivity contribution in [1.82, 2.24) is 10.6 Å². The van der Waals surface area contributed by atoms with Crippen LogP contribution in [0.25, 0.3) is 0 Å². The van der Waals surface area contributed by atoms with Crippen LogP contribution in [0, 0.1) is 0 Å². The minimum Gasteiger partial charge on any atom is -0.398 e. The normalized spacial score (nSPS) is 19.4. The van der Waals surface area contributed by atoms with Crippen LogP contribution in [0.15, 0.2) is 22.7 Å². The third kappa shape index (κ3) is 3.47. The van der Waals surface area contributed by atoms with Gasteiger partial charge in [0.05, 0.1) is 0 Å². The highest BCUT2D eigenvalue weighted by Gasteiger charge is 2.22. The van der Waals surface area contributed by atoms with Gasteiger partial charge in [-0.05, 0) is 53.4 Å². The first-order chi connectivity index (χ1) is 9.08. The molecule has 0 saturated carbocycles. The van der Waals surface area contributed by atoms with Crippen LogP contribution >= 0.6 is 15.9 Å². The van der Waals surface area contributed by atoms with E-state index in [0.29, 0.717) is 24.2 Å². The molecular formula is C13H16BrN3O2. The van der Waals surface area contributed by atoms with Gasteiger partial charge in [0.15, 0.2) is 0 Å². The van der Waals surface area contributed by atoms with E-state index in [1.807, 2.05) is 0 Å². The molecule has 1 aliphatic heterocycles. The van der Waals surface area contributed by atoms with E-state index in [1.165, 1.54) is 0 Å². The summed E-state index contributed by atoms with van der Waals surface area (Å²) in [6, 6.07) is 4.52. The maximum absolute atomic E-state index is 12.1. The SMILES string of the molecule is Nc1cc(C(=O)NC2CCCCNC2=O)ccc1Br. The molecule has 19 heavy (non-hydrogen) atoms. The van der Waals surface area contributed by atoms with Gasteiger partial charge in [-0.25, -0.2) is 0 Å². The molecule has 0 bridgehead atoms. The van der Waals surface area contributed by atoms with Gasteiger partial charge in [0.25, 0.3) is 5.91 Å². The third-order valence-electron chi connectivity index (χ3n) is 3.10. The highest BCUT2D eigenvalue weighted by molar-refractivity contribution is 9.10. The van der Waals surface area contributed by atoms with E-state index in [1.54, 1.807) is 18.2 Å². The lowest BCUT2D eigenvalue weighted by atomic mass is 10.1. The molecule has 6 heteroatoms. The van der Waals surface area contributed by atoms with Gasteiger partial charge < -0.3 is 16.4 Å². The van der Waals surface area contributed by atoms with Crippen molar-refractivity contribution in [1.29, 1.82) is 0 Å². The number of benzene rings is 1. The number of nitrogen functional groups attached to an aromatic ring is 1. The fourth-order valence-electron chi connectivity index (χ4n) is 2.00. The fraction of sp³-hybridized carbons (Fsp3) is 0.385. The first-order valence-corrected chi connectivity index (χ1v) is 7.01. The molecule has 4 N–H and O–H groups in total. The van der Waals surface area contributed by atoms with Gasteiger partial charge in [-0.15, -0.1) is 0 Å². The molecule has 1 fully saturated rings. The monoisotopic (exact) mass is 325 g/mol. The summed E-state index contributed by atoms with van der Waals surface area (Å²) in [6.07, 6.45) is 2.54. The molecule has 0 spiro atoms. The zero-order chi connectivity index (χ0) is 13.8. The zero-order valence-corrected chi connectivity index (χ0v) is 12.0. The van der Waals surface area contributed by atoms with Gasteiger partial charge in [0, 0.05) is 22.3 Å². The average Bonchev–Trinajstić information content (AvgIpc) is 2.58. The van der Waals surface area contributed by atoms with E-state index in [0.717, 1.165) is 17.3 Å². The van der Waals surface area contributed by atoms with Crippen LogP contribution in [-0.4, -0.2) is 24.4 Å². The van der Waals surface area contributed by atoms with E-state index < -0.39 is 6.04 Å². The lowest BCUT2D eigenvalue weighted by Crippen LogP contribution is -2.45. The predicted molar refractivity (Wildman–Crippen MR) is 76.7 cm³/mol. The second-order valence-corrected chi connectivity index (χ2v) is 5.40. The molecule has 1 saturated heterocycles. The minimum atomic E-state index is -0.458. The van der Waals surface area contributed by atoms with Crippen molar-refractivity contribution in [3.8, 4) is 0 Å². The molecule has 5 nitrogen and oxygen atoms in total. The van der Waals surface area contributed by atoms with Gasteiger partial charge >= 0.3 is 0 Å². The molecule has 1 atom stereocenters. The van der Waals surface area contributed by atoms with E-state index >= 15 is 0 Å². The molecule has 1 unspecified atom stereocenters. The van der Waals surface area contributed by atoms with Crippen molar-refractivity contribution in [2.24, 2.45) is 0 Å². The first-order valence-electron chi connectivity index (χ1n) is 6.21. The average molecular weight is 326 g/mol. The number of carbonyl (C=O) groups excluding carboxylic acids is 2. The summed E-state index contributed by atoms with van der Waals surface area (Å²) in [4.78, 5) is 23.8. The van der Waals surface area contributed by atoms with Crippen LogP contribution in [-0.2, 0) is 4.79 Å². The smallest absolute Gasteiger partial charge is 0.252 e. The number of anilines is 1. The van der Waals surface area contributed by atoms with Crippen molar-refractivity contribution < 1.29 is 9.59 Å². The molecule has 1 aromatic rings. The van der Waals surface area contributed by atoms with Crippen molar-refractivity contribution in [3.05, 3.63) is 28.2 Å². The number of carbonyl (C=O) groups is 2. The second-order valence-electron chi connectivity index (χ2n) is 4.55. The molecule has 2 rings (SSSR count). The molecule has 0 radical (unpaired) electrons. The maximum Gasteiger partial charge on any atom is 0.252 e. The standard InChI is InChI=1S/C13H16BrN3O2/c14-9-5-4-8(7-10(9)15)12(18)17-11-3-1-2-6-16-13(11)19/h4-5,7,11H,1-3,6,15H2,(H,16,19)(H,17,18). The predicted octanol–water partition coefficient (Wildman–Crippen LogP) is 1.43. The van der Waals surface area contributed by atoms with E-state index in [-0.39, 0.29) is 11.8 Å². The highest BCUT2D eigenvalue weighted by Crippen LogP contribution is 2.20. The summed E-state index contributed by atoms with van der Waals surface area (Å²) < 4.78 is 0.747. The summed E-state index contributed by atoms with van der Waals surface area (Å²) >= 11 is 3.28. The Hall–Kier alpha value is -1.56. The van der Waals surface area contributed by atoms with Crippen LogP contribution in [0.3, 0.4) is 0 Å². The highest BCUT2D eigenvalue weighted by atomic mass is 79.9. The van der Waals surface area contributed by atoms with Gasteiger partial charge in [-0.1, -0.05) is 0 Å². The molecule has 1 heterocycles. The van der Waals surface area contributed by atoms with Gasteiger partial charge in [-0.2, -0.15) is 0 Å². The molecule has 1 aliphatic rings. The van der Waals surface area contributed by atoms with E-state index in [2.05, 4.69) is 26.6 Å². The quantitative estimate of drug-likeness (QED) is 0.719. The van der Waals surface area contributed by atoms with E-state index in [9.17, 15) is 9.59 Å². The van der Waals surface area contributed by atoms with Crippen molar-refractivity contribution in [2.75, 3.05) is 12.3 Å². The van der Waals surface area contributed by atoms with Crippen LogP contribution in [0.5, 0.6) is 0 Å². The molecule has 2 amide bonds. The zero-order valence-electron chi connectivity index (χ0n) is 10.4. The summed E-state index contributed by atoms with van der Waals surface area (Å²) in [6.45, 7) is 0.677. The van der Waals surface area contributed by atoms with Crippen LogP contribution in [0.4, 0.5) is 5.69 Å². The van der Waals surface area contributed by atoms with Crippen molar-refractivity contribution in [2.45, 2.75) is 25.3 Å². The number of halogens is 1. The largest absolute Gasteiger partial charge is 0.398 e. The Labute approximate surface area is 120 Å². The summed E-state index contributed by atoms with van der Waals surface area (Å²) in [7, 11) is 0. The van der Waals surface area contributed by atoms with Gasteiger partial charge in [0.2, 0.25) is 5.91 Å². The number of hydrogen-bond acceptors (Lipinski definition) is 3. The summed E-state index contributed by atoms with van der Waals surface area (Å²) in [5.41, 5.74) is 6.69. The van der Waals surface area contributed by atoms with Crippen molar-refractivity contribution in [3.63, 3.8) is 0 Å². The van der Waals surface area contributed by atoms with Gasteiger partial charge in [-0.3, -0.25) is 9.59 Å². The minimum absolute atomic E-state index is 0.115. The Morgan fingerprint density at radius 1 is 1.42 bits per heavy atom. The first kappa shape index (κ1) is 13.9. The number of nitrogens with two attached hydrogens (primary N) is 1.